The number of nitro groups is 1. The second kappa shape index (κ2) is 9.30. The number of ether oxygens (including phenoxy) is 1. The number of amides is 3. The third-order valence-electron chi connectivity index (χ3n) is 4.12. The second-order valence-electron chi connectivity index (χ2n) is 6.27. The van der Waals surface area contributed by atoms with Crippen LogP contribution < -0.4 is 10.1 Å². The Morgan fingerprint density at radius 1 is 1.26 bits per heavy atom. The van der Waals surface area contributed by atoms with E-state index in [9.17, 15) is 29.6 Å². The van der Waals surface area contributed by atoms with E-state index in [-0.39, 0.29) is 21.9 Å². The Morgan fingerprint density at radius 2 is 1.97 bits per heavy atom. The van der Waals surface area contributed by atoms with Gasteiger partial charge >= 0.3 is 0 Å². The van der Waals surface area contributed by atoms with Gasteiger partial charge in [0.15, 0.2) is 0 Å². The fourth-order valence-electron chi connectivity index (χ4n) is 2.75. The number of benzene rings is 2. The minimum absolute atomic E-state index is 0.0330. The van der Waals surface area contributed by atoms with E-state index in [0.29, 0.717) is 29.8 Å². The summed E-state index contributed by atoms with van der Waals surface area (Å²) >= 11 is 0.556. The van der Waals surface area contributed by atoms with E-state index in [4.69, 9.17) is 4.74 Å². The van der Waals surface area contributed by atoms with Gasteiger partial charge in [-0.2, -0.15) is 0 Å². The Labute approximate surface area is 180 Å². The minimum atomic E-state index is -0.755. The number of phenolic OH excluding ortho intramolecular Hbond substituents is 1. The van der Waals surface area contributed by atoms with E-state index in [0.717, 1.165) is 29.2 Å². The van der Waals surface area contributed by atoms with Gasteiger partial charge in [0.1, 0.15) is 18.0 Å². The Hall–Kier alpha value is -3.86. The van der Waals surface area contributed by atoms with Crippen molar-refractivity contribution in [3.05, 3.63) is 63.0 Å². The lowest BCUT2D eigenvalue weighted by molar-refractivity contribution is -0.385. The molecule has 0 unspecified atom stereocenters. The Morgan fingerprint density at radius 3 is 2.61 bits per heavy atom. The van der Waals surface area contributed by atoms with Crippen LogP contribution in [-0.2, 0) is 9.59 Å². The lowest BCUT2D eigenvalue weighted by atomic mass is 10.1. The molecule has 0 saturated carbocycles. The normalized spacial score (nSPS) is 14.7. The average Bonchev–Trinajstić information content (AvgIpc) is 2.97. The molecule has 0 aromatic heterocycles. The predicted molar refractivity (Wildman–Crippen MR) is 114 cm³/mol. The highest BCUT2D eigenvalue weighted by molar-refractivity contribution is 8.18. The Bertz CT molecular complexity index is 1080. The van der Waals surface area contributed by atoms with Crippen molar-refractivity contribution in [2.45, 2.75) is 6.92 Å². The van der Waals surface area contributed by atoms with E-state index in [1.165, 1.54) is 0 Å². The Balaban J connectivity index is 1.72. The monoisotopic (exact) mass is 443 g/mol. The van der Waals surface area contributed by atoms with Crippen LogP contribution in [0.15, 0.2) is 47.4 Å². The molecule has 2 N–H and O–H groups in total. The number of thioether (sulfide) groups is 1. The number of nitro benzene ring substituents is 1. The quantitative estimate of drug-likeness (QED) is 0.377. The van der Waals surface area contributed by atoms with Crippen LogP contribution in [-0.4, -0.2) is 45.1 Å². The van der Waals surface area contributed by atoms with Crippen LogP contribution in [0.4, 0.5) is 16.2 Å². The largest absolute Gasteiger partial charge is 0.508 e. The summed E-state index contributed by atoms with van der Waals surface area (Å²) in [6, 6.07) is 9.94. The number of hydrogen-bond donors (Lipinski definition) is 2. The molecule has 10 nitrogen and oxygen atoms in total. The van der Waals surface area contributed by atoms with E-state index < -0.39 is 28.5 Å². The SMILES string of the molecule is CCOc1ccc(NC(=O)CN2C(=O)S/C(=C/c3cc(O)ccc3[N+](=O)[O-])C2=O)cc1. The Kier molecular flexibility index (Phi) is 6.55. The van der Waals surface area contributed by atoms with Gasteiger partial charge in [0.25, 0.3) is 16.8 Å². The van der Waals surface area contributed by atoms with Crippen molar-refractivity contribution in [3.63, 3.8) is 0 Å². The molecule has 0 radical (unpaired) electrons. The van der Waals surface area contributed by atoms with Gasteiger partial charge in [-0.15, -0.1) is 0 Å². The molecule has 1 aliphatic heterocycles. The molecular weight excluding hydrogens is 426 g/mol. The highest BCUT2D eigenvalue weighted by Gasteiger charge is 2.36. The fraction of sp³-hybridized carbons (Fsp3) is 0.150. The molecule has 31 heavy (non-hydrogen) atoms. The van der Waals surface area contributed by atoms with E-state index >= 15 is 0 Å². The minimum Gasteiger partial charge on any atom is -0.508 e. The maximum absolute atomic E-state index is 12.6. The summed E-state index contributed by atoms with van der Waals surface area (Å²) in [6.45, 7) is 1.83. The zero-order chi connectivity index (χ0) is 22.5. The van der Waals surface area contributed by atoms with Crippen molar-refractivity contribution in [1.82, 2.24) is 4.90 Å². The fourth-order valence-corrected chi connectivity index (χ4v) is 3.58. The molecule has 3 amide bonds. The summed E-state index contributed by atoms with van der Waals surface area (Å²) in [5.41, 5.74) is 0.0959. The molecule has 1 fully saturated rings. The molecular formula is C20H17N3O7S. The third kappa shape index (κ3) is 5.20. The van der Waals surface area contributed by atoms with E-state index in [2.05, 4.69) is 5.32 Å². The topological polar surface area (TPSA) is 139 Å². The number of carbonyl (C=O) groups is 3. The second-order valence-corrected chi connectivity index (χ2v) is 7.27. The molecule has 160 valence electrons. The first-order valence-electron chi connectivity index (χ1n) is 9.04. The summed E-state index contributed by atoms with van der Waals surface area (Å²) < 4.78 is 5.32. The van der Waals surface area contributed by atoms with Crippen LogP contribution in [0, 0.1) is 10.1 Å². The third-order valence-corrected chi connectivity index (χ3v) is 5.03. The van der Waals surface area contributed by atoms with Gasteiger partial charge in [0.05, 0.1) is 22.0 Å². The average molecular weight is 443 g/mol. The molecule has 1 heterocycles. The van der Waals surface area contributed by atoms with Gasteiger partial charge in [-0.3, -0.25) is 29.4 Å². The maximum atomic E-state index is 12.6. The molecule has 11 heteroatoms. The number of anilines is 1. The van der Waals surface area contributed by atoms with Gasteiger partial charge in [0, 0.05) is 11.8 Å². The summed E-state index contributed by atoms with van der Waals surface area (Å²) in [5.74, 6) is -0.936. The summed E-state index contributed by atoms with van der Waals surface area (Å²) in [7, 11) is 0. The number of imide groups is 1. The maximum Gasteiger partial charge on any atom is 0.294 e. The van der Waals surface area contributed by atoms with Gasteiger partial charge in [-0.25, -0.2) is 0 Å². The summed E-state index contributed by atoms with van der Waals surface area (Å²) in [6.07, 6.45) is 1.15. The number of aromatic hydroxyl groups is 1. The first-order valence-corrected chi connectivity index (χ1v) is 9.85. The number of nitrogens with zero attached hydrogens (tertiary/aromatic N) is 2. The summed E-state index contributed by atoms with van der Waals surface area (Å²) in [5, 5.41) is 22.6. The zero-order valence-electron chi connectivity index (χ0n) is 16.2. The van der Waals surface area contributed by atoms with E-state index in [1.807, 2.05) is 6.92 Å². The highest BCUT2D eigenvalue weighted by Crippen LogP contribution is 2.34. The number of phenols is 1. The molecule has 3 rings (SSSR count). The van der Waals surface area contributed by atoms with Crippen molar-refractivity contribution in [1.29, 1.82) is 0 Å². The van der Waals surface area contributed by atoms with Crippen molar-refractivity contribution < 1.29 is 29.2 Å². The van der Waals surface area contributed by atoms with Crippen LogP contribution in [0.2, 0.25) is 0 Å². The molecule has 1 aliphatic rings. The first-order chi connectivity index (χ1) is 14.8. The van der Waals surface area contributed by atoms with Gasteiger partial charge in [-0.1, -0.05) is 0 Å². The molecule has 0 aliphatic carbocycles. The molecule has 2 aromatic carbocycles. The number of hydrogen-bond acceptors (Lipinski definition) is 8. The first kappa shape index (κ1) is 21.8. The van der Waals surface area contributed by atoms with Crippen molar-refractivity contribution in [2.24, 2.45) is 0 Å². The molecule has 0 atom stereocenters. The number of rotatable bonds is 7. The van der Waals surface area contributed by atoms with Crippen LogP contribution >= 0.6 is 11.8 Å². The molecule has 2 aromatic rings. The van der Waals surface area contributed by atoms with Gasteiger partial charge < -0.3 is 15.2 Å². The standard InChI is InChI=1S/C20H17N3O7S/c1-2-30-15-6-3-13(4-7-15)21-18(25)11-22-19(26)17(31-20(22)27)10-12-9-14(24)5-8-16(12)23(28)29/h3-10,24H,2,11H2,1H3,(H,21,25)/b17-10+. The summed E-state index contributed by atoms with van der Waals surface area (Å²) in [4.78, 5) is 48.2. The van der Waals surface area contributed by atoms with Crippen LogP contribution in [0.25, 0.3) is 6.08 Å². The van der Waals surface area contributed by atoms with Crippen molar-refractivity contribution in [3.8, 4) is 11.5 Å². The number of carbonyl (C=O) groups excluding carboxylic acids is 3. The molecule has 0 spiro atoms. The van der Waals surface area contributed by atoms with Gasteiger partial charge in [0.2, 0.25) is 5.91 Å². The molecule has 0 bridgehead atoms. The van der Waals surface area contributed by atoms with Gasteiger partial charge in [-0.05, 0) is 61.2 Å². The van der Waals surface area contributed by atoms with Crippen LogP contribution in [0.3, 0.4) is 0 Å². The molecule has 1 saturated heterocycles. The predicted octanol–water partition coefficient (Wildman–Crippen LogP) is 3.37. The lowest BCUT2D eigenvalue weighted by Crippen LogP contribution is -2.36. The van der Waals surface area contributed by atoms with Crippen molar-refractivity contribution in [2.75, 3.05) is 18.5 Å². The highest BCUT2D eigenvalue weighted by atomic mass is 32.2. The van der Waals surface area contributed by atoms with Crippen molar-refractivity contribution >= 4 is 46.3 Å². The zero-order valence-corrected chi connectivity index (χ0v) is 17.0. The van der Waals surface area contributed by atoms with E-state index in [1.54, 1.807) is 24.3 Å². The lowest BCUT2D eigenvalue weighted by Gasteiger charge is -2.12. The number of nitrogens with one attached hydrogen (secondary N) is 1. The van der Waals surface area contributed by atoms with Crippen LogP contribution in [0.1, 0.15) is 12.5 Å². The smallest absolute Gasteiger partial charge is 0.294 e. The van der Waals surface area contributed by atoms with Crippen LogP contribution in [0.5, 0.6) is 11.5 Å².